The summed E-state index contributed by atoms with van der Waals surface area (Å²) in [6.45, 7) is 0.326. The van der Waals surface area contributed by atoms with Crippen LogP contribution in [-0.4, -0.2) is 32.9 Å². The van der Waals surface area contributed by atoms with Gasteiger partial charge in [-0.15, -0.1) is 0 Å². The predicted molar refractivity (Wildman–Crippen MR) is 105 cm³/mol. The number of primary amides is 1. The van der Waals surface area contributed by atoms with E-state index in [4.69, 9.17) is 21.6 Å². The molecule has 0 saturated carbocycles. The average molecular weight is 405 g/mol. The number of para-hydroxylation sites is 1. The van der Waals surface area contributed by atoms with Crippen LogP contribution in [0.15, 0.2) is 59.5 Å². The van der Waals surface area contributed by atoms with Crippen molar-refractivity contribution >= 4 is 21.9 Å². The van der Waals surface area contributed by atoms with Crippen molar-refractivity contribution in [3.05, 3.63) is 54.6 Å². The summed E-state index contributed by atoms with van der Waals surface area (Å²) < 4.78 is 33.0. The lowest BCUT2D eigenvalue weighted by atomic mass is 10.1. The second-order valence-electron chi connectivity index (χ2n) is 5.95. The molecule has 0 heterocycles. The van der Waals surface area contributed by atoms with Gasteiger partial charge >= 0.3 is 0 Å². The Morgan fingerprint density at radius 1 is 1.04 bits per heavy atom. The normalized spacial score (nSPS) is 12.1. The van der Waals surface area contributed by atoms with E-state index in [0.29, 0.717) is 24.5 Å². The minimum absolute atomic E-state index is 0.0129. The van der Waals surface area contributed by atoms with Crippen molar-refractivity contribution in [2.24, 2.45) is 11.5 Å². The van der Waals surface area contributed by atoms with Gasteiger partial charge in [0.2, 0.25) is 15.9 Å². The molecule has 2 aromatic carbocycles. The minimum atomic E-state index is -3.94. The molecule has 0 bridgehead atoms. The molecule has 9 nitrogen and oxygen atoms in total. The number of sulfonamides is 1. The van der Waals surface area contributed by atoms with Gasteiger partial charge in [0.25, 0.3) is 0 Å². The van der Waals surface area contributed by atoms with E-state index in [2.05, 4.69) is 10.0 Å². The third kappa shape index (κ3) is 6.56. The molecule has 0 aromatic heterocycles. The molecule has 0 aliphatic carbocycles. The fourth-order valence-corrected chi connectivity index (χ4v) is 3.59. The predicted octanol–water partition coefficient (Wildman–Crippen LogP) is 0.874. The summed E-state index contributed by atoms with van der Waals surface area (Å²) in [4.78, 5) is 11.6. The highest BCUT2D eigenvalue weighted by Gasteiger charge is 2.23. The van der Waals surface area contributed by atoms with Gasteiger partial charge in [-0.3, -0.25) is 10.2 Å². The molecule has 1 amide bonds. The summed E-state index contributed by atoms with van der Waals surface area (Å²) in [6.07, 6.45) is 0.573. The third-order valence-corrected chi connectivity index (χ3v) is 5.23. The van der Waals surface area contributed by atoms with E-state index >= 15 is 0 Å². The first kappa shape index (κ1) is 21.2. The van der Waals surface area contributed by atoms with Gasteiger partial charge in [0.05, 0.1) is 4.90 Å². The van der Waals surface area contributed by atoms with Gasteiger partial charge in [-0.2, -0.15) is 4.72 Å². The largest absolute Gasteiger partial charge is 0.457 e. The van der Waals surface area contributed by atoms with Crippen molar-refractivity contribution in [1.29, 1.82) is 5.41 Å². The number of amides is 1. The summed E-state index contributed by atoms with van der Waals surface area (Å²) in [6, 6.07) is 13.8. The van der Waals surface area contributed by atoms with Crippen molar-refractivity contribution in [2.45, 2.75) is 23.8 Å². The topological polar surface area (TPSA) is 160 Å². The molecule has 0 fully saturated rings. The van der Waals surface area contributed by atoms with E-state index in [1.807, 2.05) is 18.2 Å². The van der Waals surface area contributed by atoms with E-state index in [1.54, 1.807) is 12.1 Å². The fourth-order valence-electron chi connectivity index (χ4n) is 2.36. The van der Waals surface area contributed by atoms with E-state index in [-0.39, 0.29) is 17.3 Å². The minimum Gasteiger partial charge on any atom is -0.457 e. The van der Waals surface area contributed by atoms with Gasteiger partial charge in [0, 0.05) is 6.54 Å². The van der Waals surface area contributed by atoms with Crippen molar-refractivity contribution in [3.63, 3.8) is 0 Å². The number of nitrogens with one attached hydrogen (secondary N) is 3. The van der Waals surface area contributed by atoms with Crippen molar-refractivity contribution in [3.8, 4) is 11.5 Å². The number of hydrogen-bond acceptors (Lipinski definition) is 5. The molecule has 0 aliphatic heterocycles. The number of benzene rings is 2. The number of carbonyl (C=O) groups is 1. The van der Waals surface area contributed by atoms with Crippen LogP contribution in [0.25, 0.3) is 0 Å². The van der Waals surface area contributed by atoms with Crippen molar-refractivity contribution in [1.82, 2.24) is 10.0 Å². The van der Waals surface area contributed by atoms with E-state index in [9.17, 15) is 13.2 Å². The maximum atomic E-state index is 12.5. The molecule has 150 valence electrons. The number of ether oxygens (including phenoxy) is 1. The Labute approximate surface area is 163 Å². The first-order valence-electron chi connectivity index (χ1n) is 8.50. The second kappa shape index (κ2) is 9.72. The van der Waals surface area contributed by atoms with Crippen LogP contribution in [0, 0.1) is 5.41 Å². The smallest absolute Gasteiger partial charge is 0.241 e. The zero-order valence-electron chi connectivity index (χ0n) is 15.1. The third-order valence-electron chi connectivity index (χ3n) is 3.74. The first-order chi connectivity index (χ1) is 13.3. The highest BCUT2D eigenvalue weighted by atomic mass is 32.2. The fraction of sp³-hybridized carbons (Fsp3) is 0.222. The number of rotatable bonds is 10. The van der Waals surface area contributed by atoms with Gasteiger partial charge in [-0.25, -0.2) is 8.42 Å². The van der Waals surface area contributed by atoms with E-state index < -0.39 is 22.0 Å². The second-order valence-corrected chi connectivity index (χ2v) is 7.66. The highest BCUT2D eigenvalue weighted by Crippen LogP contribution is 2.22. The Kier molecular flexibility index (Phi) is 7.36. The molecule has 10 heteroatoms. The zero-order chi connectivity index (χ0) is 20.6. The SMILES string of the molecule is N=C(N)NCCC[C@@H](NS(=O)(=O)c1ccc(Oc2ccccc2)cc1)C(N)=O. The quantitative estimate of drug-likeness (QED) is 0.224. The number of carbonyl (C=O) groups excluding carboxylic acids is 1. The van der Waals surface area contributed by atoms with Crippen molar-refractivity contribution in [2.75, 3.05) is 6.54 Å². The zero-order valence-corrected chi connectivity index (χ0v) is 15.9. The Balaban J connectivity index is 2.01. The summed E-state index contributed by atoms with van der Waals surface area (Å²) in [5.41, 5.74) is 10.5. The standard InChI is InChI=1S/C18H23N5O4S/c19-17(24)16(7-4-12-22-18(20)21)23-28(25,26)15-10-8-14(9-11-15)27-13-5-2-1-3-6-13/h1-3,5-6,8-11,16,23H,4,7,12H2,(H2,19,24)(H4,20,21,22)/t16-/m1/s1. The Morgan fingerprint density at radius 2 is 1.64 bits per heavy atom. The van der Waals surface area contributed by atoms with Crippen LogP contribution in [0.2, 0.25) is 0 Å². The monoisotopic (exact) mass is 405 g/mol. The van der Waals surface area contributed by atoms with Crippen LogP contribution in [0.4, 0.5) is 0 Å². The van der Waals surface area contributed by atoms with E-state index in [1.165, 1.54) is 24.3 Å². The molecular formula is C18H23N5O4S. The summed E-state index contributed by atoms with van der Waals surface area (Å²) >= 11 is 0. The molecule has 7 N–H and O–H groups in total. The van der Waals surface area contributed by atoms with Gasteiger partial charge in [-0.1, -0.05) is 18.2 Å². The van der Waals surface area contributed by atoms with Gasteiger partial charge in [0.1, 0.15) is 17.5 Å². The van der Waals surface area contributed by atoms with Gasteiger partial charge in [0.15, 0.2) is 5.96 Å². The summed E-state index contributed by atoms with van der Waals surface area (Å²) in [7, 11) is -3.94. The molecule has 28 heavy (non-hydrogen) atoms. The molecule has 2 rings (SSSR count). The maximum absolute atomic E-state index is 12.5. The first-order valence-corrected chi connectivity index (χ1v) is 9.99. The maximum Gasteiger partial charge on any atom is 0.241 e. The van der Waals surface area contributed by atoms with E-state index in [0.717, 1.165) is 0 Å². The molecule has 0 aliphatic rings. The molecule has 2 aromatic rings. The molecule has 0 spiro atoms. The molecule has 0 radical (unpaired) electrons. The number of hydrogen-bond donors (Lipinski definition) is 5. The lowest BCUT2D eigenvalue weighted by molar-refractivity contribution is -0.119. The lowest BCUT2D eigenvalue weighted by Gasteiger charge is -2.16. The molecular weight excluding hydrogens is 382 g/mol. The van der Waals surface area contributed by atoms with Crippen LogP contribution in [-0.2, 0) is 14.8 Å². The molecule has 0 saturated heterocycles. The van der Waals surface area contributed by atoms with Crippen LogP contribution in [0.1, 0.15) is 12.8 Å². The molecule has 1 atom stereocenters. The van der Waals surface area contributed by atoms with Crippen LogP contribution < -0.4 is 26.2 Å². The number of guanidine groups is 1. The Morgan fingerprint density at radius 3 is 2.21 bits per heavy atom. The van der Waals surface area contributed by atoms with Crippen LogP contribution in [0.5, 0.6) is 11.5 Å². The van der Waals surface area contributed by atoms with Gasteiger partial charge < -0.3 is 21.5 Å². The van der Waals surface area contributed by atoms with Gasteiger partial charge in [-0.05, 0) is 49.2 Å². The Bertz CT molecular complexity index is 901. The van der Waals surface area contributed by atoms with Crippen LogP contribution >= 0.6 is 0 Å². The number of nitrogens with two attached hydrogens (primary N) is 2. The van der Waals surface area contributed by atoms with Crippen LogP contribution in [0.3, 0.4) is 0 Å². The highest BCUT2D eigenvalue weighted by molar-refractivity contribution is 7.89. The summed E-state index contributed by atoms with van der Waals surface area (Å²) in [5.74, 6) is 0.126. The average Bonchev–Trinajstić information content (AvgIpc) is 2.65. The van der Waals surface area contributed by atoms with Crippen molar-refractivity contribution < 1.29 is 17.9 Å². The lowest BCUT2D eigenvalue weighted by Crippen LogP contribution is -2.44. The molecule has 0 unspecified atom stereocenters. The summed E-state index contributed by atoms with van der Waals surface area (Å²) in [5, 5.41) is 9.64. The Hall–Kier alpha value is -3.11.